The standard InChI is InChI=1S/C10H7NO4S/c1-2-9(12)15-10-7-5-3-4-6-8(7)16(13,14)11-10/h2-6H,1H2. The average molecular weight is 237 g/mol. The minimum Gasteiger partial charge on any atom is -0.403 e. The van der Waals surface area contributed by atoms with Crippen LogP contribution in [0.15, 0.2) is 46.2 Å². The van der Waals surface area contributed by atoms with Crippen LogP contribution in [0.5, 0.6) is 0 Å². The van der Waals surface area contributed by atoms with Gasteiger partial charge in [0.15, 0.2) is 0 Å². The quantitative estimate of drug-likeness (QED) is 0.536. The van der Waals surface area contributed by atoms with E-state index < -0.39 is 16.0 Å². The van der Waals surface area contributed by atoms with E-state index in [2.05, 4.69) is 11.0 Å². The van der Waals surface area contributed by atoms with Crippen molar-refractivity contribution in [1.82, 2.24) is 0 Å². The Balaban J connectivity index is 2.51. The maximum Gasteiger partial charge on any atom is 0.336 e. The fourth-order valence-corrected chi connectivity index (χ4v) is 2.42. The summed E-state index contributed by atoms with van der Waals surface area (Å²) < 4.78 is 31.2. The molecule has 0 aliphatic carbocycles. The molecule has 0 saturated heterocycles. The van der Waals surface area contributed by atoms with Gasteiger partial charge in [-0.15, -0.1) is 4.40 Å². The van der Waals surface area contributed by atoms with Crippen LogP contribution >= 0.6 is 0 Å². The first-order valence-electron chi connectivity index (χ1n) is 4.33. The van der Waals surface area contributed by atoms with Gasteiger partial charge in [-0.05, 0) is 12.1 Å². The van der Waals surface area contributed by atoms with Gasteiger partial charge >= 0.3 is 5.97 Å². The summed E-state index contributed by atoms with van der Waals surface area (Å²) in [6.45, 7) is 3.22. The van der Waals surface area contributed by atoms with E-state index in [0.717, 1.165) is 6.08 Å². The molecule has 16 heavy (non-hydrogen) atoms. The van der Waals surface area contributed by atoms with Gasteiger partial charge in [0, 0.05) is 6.08 Å². The van der Waals surface area contributed by atoms with Gasteiger partial charge in [0.1, 0.15) is 4.90 Å². The SMILES string of the molecule is C=CC(=O)OC1=NS(=O)(=O)c2ccccc21. The maximum atomic E-state index is 11.5. The highest BCUT2D eigenvalue weighted by Crippen LogP contribution is 2.26. The third-order valence-electron chi connectivity index (χ3n) is 1.96. The molecular weight excluding hydrogens is 230 g/mol. The second-order valence-electron chi connectivity index (χ2n) is 2.99. The van der Waals surface area contributed by atoms with Crippen LogP contribution in [-0.2, 0) is 19.6 Å². The van der Waals surface area contributed by atoms with Crippen LogP contribution < -0.4 is 0 Å². The van der Waals surface area contributed by atoms with Crippen LogP contribution in [0.25, 0.3) is 0 Å². The molecule has 0 unspecified atom stereocenters. The Labute approximate surface area is 92.1 Å². The van der Waals surface area contributed by atoms with Gasteiger partial charge in [0.2, 0.25) is 5.90 Å². The minimum atomic E-state index is -3.73. The summed E-state index contributed by atoms with van der Waals surface area (Å²) in [4.78, 5) is 11.0. The van der Waals surface area contributed by atoms with Gasteiger partial charge in [-0.1, -0.05) is 18.7 Å². The summed E-state index contributed by atoms with van der Waals surface area (Å²) >= 11 is 0. The zero-order valence-electron chi connectivity index (χ0n) is 8.08. The van der Waals surface area contributed by atoms with Crippen molar-refractivity contribution >= 4 is 21.9 Å². The van der Waals surface area contributed by atoms with Crippen molar-refractivity contribution in [1.29, 1.82) is 0 Å². The normalized spacial score (nSPS) is 16.1. The Bertz CT molecular complexity index is 601. The summed E-state index contributed by atoms with van der Waals surface area (Å²) in [5.74, 6) is -0.953. The van der Waals surface area contributed by atoms with Crippen molar-refractivity contribution in [2.24, 2.45) is 4.40 Å². The topological polar surface area (TPSA) is 72.8 Å². The third kappa shape index (κ3) is 1.63. The summed E-state index contributed by atoms with van der Waals surface area (Å²) in [6, 6.07) is 6.14. The first-order valence-corrected chi connectivity index (χ1v) is 5.77. The van der Waals surface area contributed by atoms with Crippen LogP contribution in [-0.4, -0.2) is 20.3 Å². The maximum absolute atomic E-state index is 11.5. The molecule has 1 aliphatic heterocycles. The van der Waals surface area contributed by atoms with Crippen molar-refractivity contribution in [3.63, 3.8) is 0 Å². The first kappa shape index (κ1) is 10.6. The van der Waals surface area contributed by atoms with Crippen LogP contribution in [0.4, 0.5) is 0 Å². The lowest BCUT2D eigenvalue weighted by atomic mass is 10.2. The van der Waals surface area contributed by atoms with E-state index in [9.17, 15) is 13.2 Å². The van der Waals surface area contributed by atoms with E-state index >= 15 is 0 Å². The largest absolute Gasteiger partial charge is 0.403 e. The van der Waals surface area contributed by atoms with Crippen molar-refractivity contribution in [2.45, 2.75) is 4.90 Å². The number of fused-ring (bicyclic) bond motifs is 1. The first-order chi connectivity index (χ1) is 7.54. The summed E-state index contributed by atoms with van der Waals surface area (Å²) in [6.07, 6.45) is 0.941. The second-order valence-corrected chi connectivity index (χ2v) is 4.57. The van der Waals surface area contributed by atoms with Crippen molar-refractivity contribution in [3.05, 3.63) is 42.5 Å². The fourth-order valence-electron chi connectivity index (χ4n) is 1.29. The highest BCUT2D eigenvalue weighted by molar-refractivity contribution is 7.90. The van der Waals surface area contributed by atoms with E-state index in [-0.39, 0.29) is 16.4 Å². The van der Waals surface area contributed by atoms with E-state index in [4.69, 9.17) is 4.74 Å². The Morgan fingerprint density at radius 1 is 1.38 bits per heavy atom. The molecule has 0 bridgehead atoms. The van der Waals surface area contributed by atoms with Gasteiger partial charge in [0.25, 0.3) is 10.0 Å². The Kier molecular flexibility index (Phi) is 2.35. The van der Waals surface area contributed by atoms with Crippen molar-refractivity contribution < 1.29 is 17.9 Å². The molecule has 6 heteroatoms. The number of nitrogens with zero attached hydrogens (tertiary/aromatic N) is 1. The lowest BCUT2D eigenvalue weighted by Gasteiger charge is -1.99. The summed E-state index contributed by atoms with van der Waals surface area (Å²) in [7, 11) is -3.73. The zero-order valence-corrected chi connectivity index (χ0v) is 8.90. The molecule has 0 atom stereocenters. The number of esters is 1. The number of sulfonamides is 1. The van der Waals surface area contributed by atoms with Crippen LogP contribution in [0.1, 0.15) is 5.56 Å². The van der Waals surface area contributed by atoms with E-state index in [1.807, 2.05) is 0 Å². The van der Waals surface area contributed by atoms with E-state index in [1.165, 1.54) is 12.1 Å². The van der Waals surface area contributed by atoms with Crippen molar-refractivity contribution in [3.8, 4) is 0 Å². The van der Waals surface area contributed by atoms with Crippen LogP contribution in [0.2, 0.25) is 0 Å². The molecule has 0 amide bonds. The third-order valence-corrected chi connectivity index (χ3v) is 3.28. The fraction of sp³-hybridized carbons (Fsp3) is 0. The molecule has 0 spiro atoms. The number of hydrogen-bond donors (Lipinski definition) is 0. The van der Waals surface area contributed by atoms with E-state index in [1.54, 1.807) is 12.1 Å². The Morgan fingerprint density at radius 3 is 2.75 bits per heavy atom. The van der Waals surface area contributed by atoms with Gasteiger partial charge in [-0.3, -0.25) is 0 Å². The Morgan fingerprint density at radius 2 is 2.06 bits per heavy atom. The van der Waals surface area contributed by atoms with Gasteiger partial charge in [-0.2, -0.15) is 8.42 Å². The highest BCUT2D eigenvalue weighted by atomic mass is 32.2. The van der Waals surface area contributed by atoms with E-state index in [0.29, 0.717) is 0 Å². The molecule has 0 fully saturated rings. The number of benzene rings is 1. The summed E-state index contributed by atoms with van der Waals surface area (Å²) in [5.41, 5.74) is 0.290. The lowest BCUT2D eigenvalue weighted by Crippen LogP contribution is -2.09. The predicted octanol–water partition coefficient (Wildman–Crippen LogP) is 0.865. The number of hydrogen-bond acceptors (Lipinski definition) is 4. The molecule has 0 saturated carbocycles. The molecular formula is C10H7NO4S. The number of rotatable bonds is 1. The molecule has 82 valence electrons. The molecule has 0 aromatic heterocycles. The lowest BCUT2D eigenvalue weighted by molar-refractivity contribution is -0.129. The van der Waals surface area contributed by atoms with Gasteiger partial charge in [-0.25, -0.2) is 4.79 Å². The van der Waals surface area contributed by atoms with Crippen LogP contribution in [0.3, 0.4) is 0 Å². The monoisotopic (exact) mass is 237 g/mol. The molecule has 5 nitrogen and oxygen atoms in total. The molecule has 2 rings (SSSR count). The Hall–Kier alpha value is -1.95. The predicted molar refractivity (Wildman–Crippen MR) is 56.5 cm³/mol. The molecule has 0 N–H and O–H groups in total. The van der Waals surface area contributed by atoms with Crippen molar-refractivity contribution in [2.75, 3.05) is 0 Å². The highest BCUT2D eigenvalue weighted by Gasteiger charge is 2.30. The molecule has 1 aromatic rings. The second kappa shape index (κ2) is 3.57. The smallest absolute Gasteiger partial charge is 0.336 e. The van der Waals surface area contributed by atoms with Crippen LogP contribution in [0, 0.1) is 0 Å². The van der Waals surface area contributed by atoms with Gasteiger partial charge in [0.05, 0.1) is 5.56 Å². The molecule has 1 aromatic carbocycles. The molecule has 0 radical (unpaired) electrons. The molecule has 1 aliphatic rings. The summed E-state index contributed by atoms with van der Waals surface area (Å²) in [5, 5.41) is 0. The number of carbonyl (C=O) groups excluding carboxylic acids is 1. The minimum absolute atomic E-state index is 0.0434. The molecule has 1 heterocycles. The zero-order chi connectivity index (χ0) is 11.8. The number of ether oxygens (including phenoxy) is 1. The number of carbonyl (C=O) groups is 1. The van der Waals surface area contributed by atoms with Gasteiger partial charge < -0.3 is 4.74 Å². The average Bonchev–Trinajstić information content (AvgIpc) is 2.51.